The number of hydrogen-bond acceptors (Lipinski definition) is 6. The van der Waals surface area contributed by atoms with Crippen molar-refractivity contribution in [1.29, 1.82) is 0 Å². The Labute approximate surface area is 139 Å². The summed E-state index contributed by atoms with van der Waals surface area (Å²) in [7, 11) is 2.72. The first kappa shape index (κ1) is 17.3. The second-order valence-electron chi connectivity index (χ2n) is 4.98. The van der Waals surface area contributed by atoms with Gasteiger partial charge in [-0.25, -0.2) is 9.78 Å². The highest BCUT2D eigenvalue weighted by Crippen LogP contribution is 2.17. The van der Waals surface area contributed by atoms with E-state index in [9.17, 15) is 14.7 Å². The number of hydrogen-bond donors (Lipinski definition) is 2. The van der Waals surface area contributed by atoms with Gasteiger partial charge in [-0.05, 0) is 24.3 Å². The second kappa shape index (κ2) is 7.96. The summed E-state index contributed by atoms with van der Waals surface area (Å²) in [6.45, 7) is 0. The van der Waals surface area contributed by atoms with Crippen molar-refractivity contribution in [2.45, 2.75) is 12.5 Å². The minimum absolute atomic E-state index is 0.0359. The molecule has 1 heterocycles. The van der Waals surface area contributed by atoms with Crippen LogP contribution in [-0.2, 0) is 16.0 Å². The van der Waals surface area contributed by atoms with Crippen molar-refractivity contribution in [3.63, 3.8) is 0 Å². The molecule has 2 rings (SSSR count). The molecular formula is C17H18N2O5. The van der Waals surface area contributed by atoms with E-state index in [4.69, 9.17) is 9.47 Å². The van der Waals surface area contributed by atoms with Gasteiger partial charge >= 0.3 is 5.97 Å². The molecule has 2 aromatic rings. The van der Waals surface area contributed by atoms with Crippen LogP contribution in [0.2, 0.25) is 0 Å². The molecule has 0 fully saturated rings. The maximum absolute atomic E-state index is 12.3. The van der Waals surface area contributed by atoms with Crippen molar-refractivity contribution < 1.29 is 24.2 Å². The lowest BCUT2D eigenvalue weighted by Crippen LogP contribution is -2.43. The van der Waals surface area contributed by atoms with Gasteiger partial charge in [-0.1, -0.05) is 12.1 Å². The van der Waals surface area contributed by atoms with Gasteiger partial charge in [0.25, 0.3) is 5.91 Å². The first-order valence-electron chi connectivity index (χ1n) is 7.20. The van der Waals surface area contributed by atoms with E-state index >= 15 is 0 Å². The van der Waals surface area contributed by atoms with Gasteiger partial charge in [0, 0.05) is 23.7 Å². The fourth-order valence-corrected chi connectivity index (χ4v) is 2.21. The van der Waals surface area contributed by atoms with Crippen LogP contribution < -0.4 is 10.1 Å². The summed E-state index contributed by atoms with van der Waals surface area (Å²) < 4.78 is 9.91. The monoisotopic (exact) mass is 330 g/mol. The van der Waals surface area contributed by atoms with Gasteiger partial charge in [0.05, 0.1) is 14.2 Å². The molecule has 0 aliphatic carbocycles. The quantitative estimate of drug-likeness (QED) is 0.775. The predicted octanol–water partition coefficient (Wildman–Crippen LogP) is 1.31. The van der Waals surface area contributed by atoms with E-state index in [1.54, 1.807) is 24.4 Å². The molecule has 0 spiro atoms. The van der Waals surface area contributed by atoms with E-state index in [0.717, 1.165) is 0 Å². The molecule has 0 unspecified atom stereocenters. The first-order valence-corrected chi connectivity index (χ1v) is 7.20. The van der Waals surface area contributed by atoms with Crippen molar-refractivity contribution in [3.05, 3.63) is 53.7 Å². The minimum Gasteiger partial charge on any atom is -0.508 e. The number of carbonyl (C=O) groups is 2. The Bertz CT molecular complexity index is 732. The third kappa shape index (κ3) is 4.22. The smallest absolute Gasteiger partial charge is 0.328 e. The third-order valence-corrected chi connectivity index (χ3v) is 3.37. The van der Waals surface area contributed by atoms with Crippen LogP contribution in [0.3, 0.4) is 0 Å². The molecule has 2 N–H and O–H groups in total. The summed E-state index contributed by atoms with van der Waals surface area (Å²) >= 11 is 0. The molecule has 126 valence electrons. The van der Waals surface area contributed by atoms with Crippen LogP contribution >= 0.6 is 0 Å². The Hall–Kier alpha value is -3.09. The van der Waals surface area contributed by atoms with Crippen LogP contribution in [0.25, 0.3) is 0 Å². The highest BCUT2D eigenvalue weighted by Gasteiger charge is 2.24. The number of ether oxygens (including phenoxy) is 2. The largest absolute Gasteiger partial charge is 0.508 e. The molecule has 0 radical (unpaired) electrons. The van der Waals surface area contributed by atoms with Crippen molar-refractivity contribution >= 4 is 11.9 Å². The zero-order valence-corrected chi connectivity index (χ0v) is 13.4. The summed E-state index contributed by atoms with van der Waals surface area (Å²) in [6, 6.07) is 8.40. The molecule has 1 amide bonds. The fraction of sp³-hybridized carbons (Fsp3) is 0.235. The summed E-state index contributed by atoms with van der Waals surface area (Å²) in [4.78, 5) is 28.4. The molecule has 0 aliphatic rings. The number of methoxy groups -OCH3 is 2. The van der Waals surface area contributed by atoms with Crippen LogP contribution in [-0.4, -0.2) is 42.2 Å². The molecular weight excluding hydrogens is 312 g/mol. The van der Waals surface area contributed by atoms with Gasteiger partial charge in [0.15, 0.2) is 0 Å². The maximum atomic E-state index is 12.3. The average Bonchev–Trinajstić information content (AvgIpc) is 2.60. The van der Waals surface area contributed by atoms with Crippen LogP contribution in [0, 0.1) is 0 Å². The second-order valence-corrected chi connectivity index (χ2v) is 4.98. The summed E-state index contributed by atoms with van der Waals surface area (Å²) in [5.74, 6) is -0.747. The van der Waals surface area contributed by atoms with Gasteiger partial charge in [0.1, 0.15) is 11.8 Å². The Morgan fingerprint density at radius 1 is 1.25 bits per heavy atom. The number of carbonyl (C=O) groups excluding carboxylic acids is 2. The number of aromatic hydroxyl groups is 1. The Morgan fingerprint density at radius 2 is 2.04 bits per heavy atom. The zero-order chi connectivity index (χ0) is 17.5. The molecule has 0 saturated carbocycles. The van der Waals surface area contributed by atoms with Crippen molar-refractivity contribution in [1.82, 2.24) is 10.3 Å². The molecule has 0 aliphatic heterocycles. The van der Waals surface area contributed by atoms with E-state index in [2.05, 4.69) is 10.3 Å². The normalized spacial score (nSPS) is 11.4. The van der Waals surface area contributed by atoms with E-state index in [1.807, 2.05) is 0 Å². The number of esters is 1. The lowest BCUT2D eigenvalue weighted by atomic mass is 10.1. The molecule has 7 heteroatoms. The number of amides is 1. The van der Waals surface area contributed by atoms with Crippen LogP contribution in [0.4, 0.5) is 0 Å². The van der Waals surface area contributed by atoms with E-state index in [-0.39, 0.29) is 17.7 Å². The molecule has 1 atom stereocenters. The number of benzene rings is 1. The highest BCUT2D eigenvalue weighted by molar-refractivity contribution is 5.97. The Balaban J connectivity index is 2.20. The third-order valence-electron chi connectivity index (χ3n) is 3.37. The summed E-state index contributed by atoms with van der Waals surface area (Å²) in [5, 5.41) is 12.1. The zero-order valence-electron chi connectivity index (χ0n) is 13.4. The Morgan fingerprint density at radius 3 is 2.71 bits per heavy atom. The van der Waals surface area contributed by atoms with Crippen molar-refractivity contribution in [3.8, 4) is 11.6 Å². The molecule has 1 aromatic carbocycles. The minimum atomic E-state index is -0.914. The topological polar surface area (TPSA) is 97.8 Å². The van der Waals surface area contributed by atoms with E-state index in [1.165, 1.54) is 32.4 Å². The van der Waals surface area contributed by atoms with Crippen molar-refractivity contribution in [2.75, 3.05) is 14.2 Å². The highest BCUT2D eigenvalue weighted by atomic mass is 16.5. The summed E-state index contributed by atoms with van der Waals surface area (Å²) in [5.41, 5.74) is 0.897. The number of phenolic OH excluding ortho intramolecular Hbond substituents is 1. The van der Waals surface area contributed by atoms with Gasteiger partial charge in [0.2, 0.25) is 5.88 Å². The van der Waals surface area contributed by atoms with E-state index in [0.29, 0.717) is 11.4 Å². The first-order chi connectivity index (χ1) is 11.5. The van der Waals surface area contributed by atoms with Gasteiger partial charge in [-0.15, -0.1) is 0 Å². The number of nitrogens with zero attached hydrogens (tertiary/aromatic N) is 1. The molecule has 0 saturated heterocycles. The fourth-order valence-electron chi connectivity index (χ4n) is 2.21. The molecule has 7 nitrogen and oxygen atoms in total. The number of rotatable bonds is 6. The Kier molecular flexibility index (Phi) is 5.73. The number of pyridine rings is 1. The van der Waals surface area contributed by atoms with E-state index < -0.39 is 17.9 Å². The van der Waals surface area contributed by atoms with Crippen LogP contribution in [0.5, 0.6) is 11.6 Å². The lowest BCUT2D eigenvalue weighted by molar-refractivity contribution is -0.142. The lowest BCUT2D eigenvalue weighted by Gasteiger charge is -2.17. The summed E-state index contributed by atoms with van der Waals surface area (Å²) in [6.07, 6.45) is 1.73. The molecule has 24 heavy (non-hydrogen) atoms. The molecule has 1 aromatic heterocycles. The standard InChI is InChI=1S/C17H18N2O5/c1-23-16-12(6-4-8-18-16)10-14(17(22)24-2)19-15(21)11-5-3-7-13(20)9-11/h3-9,14,20H,10H2,1-2H3,(H,19,21)/t14-/m0/s1. The van der Waals surface area contributed by atoms with Gasteiger partial charge in [-0.2, -0.15) is 0 Å². The maximum Gasteiger partial charge on any atom is 0.328 e. The SMILES string of the molecule is COC(=O)[C@H](Cc1cccnc1OC)NC(=O)c1cccc(O)c1. The number of aromatic nitrogens is 1. The number of phenols is 1. The van der Waals surface area contributed by atoms with Crippen LogP contribution in [0.15, 0.2) is 42.6 Å². The number of nitrogens with one attached hydrogen (secondary N) is 1. The average molecular weight is 330 g/mol. The van der Waals surface area contributed by atoms with Gasteiger partial charge in [-0.3, -0.25) is 4.79 Å². The van der Waals surface area contributed by atoms with Crippen molar-refractivity contribution in [2.24, 2.45) is 0 Å². The van der Waals surface area contributed by atoms with Gasteiger partial charge < -0.3 is 19.9 Å². The van der Waals surface area contributed by atoms with Crippen LogP contribution in [0.1, 0.15) is 15.9 Å². The molecule has 0 bridgehead atoms. The predicted molar refractivity (Wildman–Crippen MR) is 85.9 cm³/mol.